The van der Waals surface area contributed by atoms with E-state index in [-0.39, 0.29) is 17.5 Å². The number of carbonyl (C=O) groups excluding carboxylic acids is 1. The van der Waals surface area contributed by atoms with E-state index in [9.17, 15) is 9.18 Å². The lowest BCUT2D eigenvalue weighted by molar-refractivity contribution is 0.0934. The Morgan fingerprint density at radius 3 is 2.38 bits per heavy atom. The second-order valence-electron chi connectivity index (χ2n) is 6.93. The molecule has 1 heterocycles. The fraction of sp³-hybridized carbons (Fsp3) is 0.381. The monoisotopic (exact) mass is 355 g/mol. The van der Waals surface area contributed by atoms with Gasteiger partial charge in [-0.25, -0.2) is 4.39 Å². The van der Waals surface area contributed by atoms with Crippen LogP contribution in [0, 0.1) is 5.82 Å². The van der Waals surface area contributed by atoms with Crippen LogP contribution in [0.3, 0.4) is 0 Å². The number of halogens is 1. The maximum absolute atomic E-state index is 13.8. The quantitative estimate of drug-likeness (QED) is 0.862. The Morgan fingerprint density at radius 2 is 1.77 bits per heavy atom. The van der Waals surface area contributed by atoms with E-state index in [0.717, 1.165) is 18.8 Å². The first-order chi connectivity index (χ1) is 12.6. The first-order valence-corrected chi connectivity index (χ1v) is 9.10. The summed E-state index contributed by atoms with van der Waals surface area (Å²) in [5.41, 5.74) is 2.41. The SMILES string of the molecule is CN(C)c1ccc([C@@H](CNC(=O)c2ccccc2F)N2CCCC2)cc1. The van der Waals surface area contributed by atoms with E-state index in [2.05, 4.69) is 39.4 Å². The summed E-state index contributed by atoms with van der Waals surface area (Å²) in [6.45, 7) is 2.51. The van der Waals surface area contributed by atoms with Crippen molar-refractivity contribution in [3.05, 3.63) is 65.5 Å². The van der Waals surface area contributed by atoms with Gasteiger partial charge in [0.1, 0.15) is 5.82 Å². The molecule has 1 atom stereocenters. The van der Waals surface area contributed by atoms with Crippen LogP contribution in [0.5, 0.6) is 0 Å². The van der Waals surface area contributed by atoms with Gasteiger partial charge in [0.25, 0.3) is 5.91 Å². The first kappa shape index (κ1) is 18.4. The van der Waals surface area contributed by atoms with Gasteiger partial charge in [0.2, 0.25) is 0 Å². The number of rotatable bonds is 6. The Kier molecular flexibility index (Phi) is 5.89. The summed E-state index contributed by atoms with van der Waals surface area (Å²) in [5.74, 6) is -0.852. The molecule has 0 bridgehead atoms. The molecule has 3 rings (SSSR count). The molecule has 0 aromatic heterocycles. The summed E-state index contributed by atoms with van der Waals surface area (Å²) in [7, 11) is 4.03. The number of nitrogens with one attached hydrogen (secondary N) is 1. The van der Waals surface area contributed by atoms with Gasteiger partial charge in [-0.1, -0.05) is 24.3 Å². The lowest BCUT2D eigenvalue weighted by Crippen LogP contribution is -2.37. The molecule has 4 nitrogen and oxygen atoms in total. The average Bonchev–Trinajstić information content (AvgIpc) is 3.17. The fourth-order valence-electron chi connectivity index (χ4n) is 3.44. The van der Waals surface area contributed by atoms with Gasteiger partial charge in [-0.15, -0.1) is 0 Å². The summed E-state index contributed by atoms with van der Waals surface area (Å²) >= 11 is 0. The molecule has 0 spiro atoms. The maximum Gasteiger partial charge on any atom is 0.254 e. The second-order valence-corrected chi connectivity index (χ2v) is 6.93. The molecule has 138 valence electrons. The minimum Gasteiger partial charge on any atom is -0.378 e. The number of carbonyl (C=O) groups is 1. The Morgan fingerprint density at radius 1 is 1.12 bits per heavy atom. The topological polar surface area (TPSA) is 35.6 Å². The van der Waals surface area contributed by atoms with Gasteiger partial charge in [-0.2, -0.15) is 0 Å². The van der Waals surface area contributed by atoms with Crippen molar-refractivity contribution in [1.82, 2.24) is 10.2 Å². The van der Waals surface area contributed by atoms with Crippen LogP contribution >= 0.6 is 0 Å². The number of benzene rings is 2. The molecular weight excluding hydrogens is 329 g/mol. The third-order valence-corrected chi connectivity index (χ3v) is 4.95. The smallest absolute Gasteiger partial charge is 0.254 e. The van der Waals surface area contributed by atoms with Crippen LogP contribution in [-0.2, 0) is 0 Å². The second kappa shape index (κ2) is 8.32. The Bertz CT molecular complexity index is 739. The first-order valence-electron chi connectivity index (χ1n) is 9.10. The molecule has 1 saturated heterocycles. The maximum atomic E-state index is 13.8. The minimum absolute atomic E-state index is 0.0932. The van der Waals surface area contributed by atoms with Gasteiger partial charge in [0.05, 0.1) is 11.6 Å². The van der Waals surface area contributed by atoms with E-state index >= 15 is 0 Å². The third kappa shape index (κ3) is 4.22. The molecule has 5 heteroatoms. The number of nitrogens with zero attached hydrogens (tertiary/aromatic N) is 2. The van der Waals surface area contributed by atoms with Gasteiger partial charge in [-0.05, 0) is 55.8 Å². The molecule has 2 aromatic rings. The van der Waals surface area contributed by atoms with Crippen LogP contribution in [0.4, 0.5) is 10.1 Å². The molecule has 0 unspecified atom stereocenters. The molecule has 1 aliphatic rings. The van der Waals surface area contributed by atoms with Gasteiger partial charge in [0, 0.05) is 26.3 Å². The van der Waals surface area contributed by atoms with E-state index < -0.39 is 5.82 Å². The van der Waals surface area contributed by atoms with Gasteiger partial charge in [-0.3, -0.25) is 9.69 Å². The van der Waals surface area contributed by atoms with Crippen LogP contribution in [0.15, 0.2) is 48.5 Å². The summed E-state index contributed by atoms with van der Waals surface area (Å²) < 4.78 is 13.8. The summed E-state index contributed by atoms with van der Waals surface area (Å²) in [6.07, 6.45) is 2.35. The molecule has 26 heavy (non-hydrogen) atoms. The minimum atomic E-state index is -0.488. The van der Waals surface area contributed by atoms with Gasteiger partial charge in [0.15, 0.2) is 0 Å². The van der Waals surface area contributed by atoms with E-state index in [1.165, 1.54) is 30.5 Å². The summed E-state index contributed by atoms with van der Waals surface area (Å²) in [6, 6.07) is 14.6. The average molecular weight is 355 g/mol. The van der Waals surface area contributed by atoms with E-state index in [1.54, 1.807) is 12.1 Å². The predicted octanol–water partition coefficient (Wildman–Crippen LogP) is 3.46. The van der Waals surface area contributed by atoms with E-state index in [4.69, 9.17) is 0 Å². The van der Waals surface area contributed by atoms with Crippen molar-refractivity contribution in [3.8, 4) is 0 Å². The molecule has 1 amide bonds. The largest absolute Gasteiger partial charge is 0.378 e. The zero-order valence-electron chi connectivity index (χ0n) is 15.4. The number of likely N-dealkylation sites (tertiary alicyclic amines) is 1. The lowest BCUT2D eigenvalue weighted by Gasteiger charge is -2.28. The van der Waals surface area contributed by atoms with Crippen molar-refractivity contribution in [1.29, 1.82) is 0 Å². The highest BCUT2D eigenvalue weighted by Crippen LogP contribution is 2.26. The Labute approximate surface area is 154 Å². The highest BCUT2D eigenvalue weighted by molar-refractivity contribution is 5.94. The van der Waals surface area contributed by atoms with Crippen LogP contribution in [0.2, 0.25) is 0 Å². The van der Waals surface area contributed by atoms with Crippen LogP contribution < -0.4 is 10.2 Å². The highest BCUT2D eigenvalue weighted by atomic mass is 19.1. The summed E-state index contributed by atoms with van der Waals surface area (Å²) in [5, 5.41) is 2.92. The zero-order chi connectivity index (χ0) is 18.5. The van der Waals surface area contributed by atoms with Crippen molar-refractivity contribution in [2.24, 2.45) is 0 Å². The fourth-order valence-corrected chi connectivity index (χ4v) is 3.44. The normalized spacial score (nSPS) is 15.7. The standard InChI is InChI=1S/C21H26FN3O/c1-24(2)17-11-9-16(10-12-17)20(25-13-5-6-14-25)15-23-21(26)18-7-3-4-8-19(18)22/h3-4,7-12,20H,5-6,13-15H2,1-2H3,(H,23,26)/t20-/m1/s1. The van der Waals surface area contributed by atoms with Gasteiger partial charge < -0.3 is 10.2 Å². The van der Waals surface area contributed by atoms with Gasteiger partial charge >= 0.3 is 0 Å². The number of hydrogen-bond donors (Lipinski definition) is 1. The van der Waals surface area contributed by atoms with Crippen molar-refractivity contribution in [3.63, 3.8) is 0 Å². The van der Waals surface area contributed by atoms with Crippen molar-refractivity contribution in [2.45, 2.75) is 18.9 Å². The molecular formula is C21H26FN3O. The highest BCUT2D eigenvalue weighted by Gasteiger charge is 2.24. The molecule has 2 aromatic carbocycles. The summed E-state index contributed by atoms with van der Waals surface area (Å²) in [4.78, 5) is 16.8. The molecule has 0 radical (unpaired) electrons. The van der Waals surface area contributed by atoms with E-state index in [0.29, 0.717) is 6.54 Å². The molecule has 1 aliphatic heterocycles. The molecule has 0 aliphatic carbocycles. The molecule has 0 saturated carbocycles. The molecule has 1 fully saturated rings. The van der Waals surface area contributed by atoms with Crippen LogP contribution in [0.1, 0.15) is 34.8 Å². The lowest BCUT2D eigenvalue weighted by atomic mass is 10.0. The zero-order valence-corrected chi connectivity index (χ0v) is 15.4. The van der Waals surface area contributed by atoms with Crippen molar-refractivity contribution in [2.75, 3.05) is 38.6 Å². The number of hydrogen-bond acceptors (Lipinski definition) is 3. The van der Waals surface area contributed by atoms with Crippen LogP contribution in [0.25, 0.3) is 0 Å². The number of amides is 1. The van der Waals surface area contributed by atoms with Crippen molar-refractivity contribution >= 4 is 11.6 Å². The van der Waals surface area contributed by atoms with E-state index in [1.807, 2.05) is 14.1 Å². The van der Waals surface area contributed by atoms with Crippen LogP contribution in [-0.4, -0.2) is 44.5 Å². The number of anilines is 1. The Balaban J connectivity index is 1.74. The Hall–Kier alpha value is -2.40. The van der Waals surface area contributed by atoms with Crippen molar-refractivity contribution < 1.29 is 9.18 Å². The third-order valence-electron chi connectivity index (χ3n) is 4.95. The predicted molar refractivity (Wildman–Crippen MR) is 103 cm³/mol. The molecule has 1 N–H and O–H groups in total.